The normalized spacial score (nSPS) is 11.5. The molecular formula is C17H13F3N2O2. The van der Waals surface area contributed by atoms with Crippen LogP contribution in [0.1, 0.15) is 5.56 Å². The molecule has 3 aromatic rings. The standard InChI is InChI=1S/C17H13F3N2O2/c1-24-13-5-6-14(16(23)10-13)15-7-8-21-22(15)12-4-2-3-11(9-12)17(18,19)20/h2-10,23H,1H3. The van der Waals surface area contributed by atoms with Crippen molar-refractivity contribution in [2.24, 2.45) is 0 Å². The summed E-state index contributed by atoms with van der Waals surface area (Å²) in [5.74, 6) is 0.421. The molecule has 0 aliphatic rings. The Kier molecular flexibility index (Phi) is 3.92. The first-order valence-corrected chi connectivity index (χ1v) is 6.99. The Morgan fingerprint density at radius 1 is 1.08 bits per heavy atom. The van der Waals surface area contributed by atoms with Gasteiger partial charge in [0, 0.05) is 11.6 Å². The largest absolute Gasteiger partial charge is 0.507 e. The van der Waals surface area contributed by atoms with Crippen LogP contribution >= 0.6 is 0 Å². The number of hydrogen-bond donors (Lipinski definition) is 1. The molecule has 7 heteroatoms. The van der Waals surface area contributed by atoms with Gasteiger partial charge < -0.3 is 9.84 Å². The number of nitrogens with zero attached hydrogens (tertiary/aromatic N) is 2. The molecule has 1 aromatic heterocycles. The maximum Gasteiger partial charge on any atom is 0.416 e. The number of ether oxygens (including phenoxy) is 1. The molecule has 0 saturated heterocycles. The van der Waals surface area contributed by atoms with Crippen LogP contribution in [0, 0.1) is 0 Å². The van der Waals surface area contributed by atoms with E-state index in [1.165, 1.54) is 36.2 Å². The number of rotatable bonds is 3. The second-order valence-corrected chi connectivity index (χ2v) is 5.06. The molecular weight excluding hydrogens is 321 g/mol. The van der Waals surface area contributed by atoms with E-state index in [2.05, 4.69) is 5.10 Å². The summed E-state index contributed by atoms with van der Waals surface area (Å²) >= 11 is 0. The molecule has 0 aliphatic carbocycles. The lowest BCUT2D eigenvalue weighted by atomic mass is 10.1. The van der Waals surface area contributed by atoms with Gasteiger partial charge in [0.05, 0.1) is 30.3 Å². The highest BCUT2D eigenvalue weighted by molar-refractivity contribution is 5.69. The molecule has 0 unspecified atom stereocenters. The number of phenolic OH excluding ortho intramolecular Hbond substituents is 1. The molecule has 0 aliphatic heterocycles. The zero-order valence-corrected chi connectivity index (χ0v) is 12.6. The third-order valence-corrected chi connectivity index (χ3v) is 3.54. The van der Waals surface area contributed by atoms with E-state index in [0.717, 1.165) is 12.1 Å². The van der Waals surface area contributed by atoms with Crippen LogP contribution in [0.4, 0.5) is 13.2 Å². The van der Waals surface area contributed by atoms with E-state index in [1.807, 2.05) is 0 Å². The molecule has 0 spiro atoms. The number of halogens is 3. The maximum atomic E-state index is 12.9. The van der Waals surface area contributed by atoms with E-state index < -0.39 is 11.7 Å². The average Bonchev–Trinajstić information content (AvgIpc) is 3.03. The first-order valence-electron chi connectivity index (χ1n) is 6.99. The van der Waals surface area contributed by atoms with Crippen LogP contribution in [-0.4, -0.2) is 22.0 Å². The molecule has 1 N–H and O–H groups in total. The Balaban J connectivity index is 2.09. The van der Waals surface area contributed by atoms with Crippen LogP contribution in [0.2, 0.25) is 0 Å². The van der Waals surface area contributed by atoms with Crippen molar-refractivity contribution < 1.29 is 23.0 Å². The summed E-state index contributed by atoms with van der Waals surface area (Å²) in [6.45, 7) is 0. The fraction of sp³-hybridized carbons (Fsp3) is 0.118. The molecule has 124 valence electrons. The van der Waals surface area contributed by atoms with Crippen molar-refractivity contribution in [1.82, 2.24) is 9.78 Å². The van der Waals surface area contributed by atoms with Crippen LogP contribution in [-0.2, 0) is 6.18 Å². The number of hydrogen-bond acceptors (Lipinski definition) is 3. The van der Waals surface area contributed by atoms with Gasteiger partial charge in [0.2, 0.25) is 0 Å². The predicted octanol–water partition coefficient (Wildman–Crippen LogP) is 4.27. The zero-order chi connectivity index (χ0) is 17.3. The minimum Gasteiger partial charge on any atom is -0.507 e. The highest BCUT2D eigenvalue weighted by Crippen LogP contribution is 2.35. The number of alkyl halides is 3. The van der Waals surface area contributed by atoms with Crippen LogP contribution in [0.25, 0.3) is 16.9 Å². The van der Waals surface area contributed by atoms with Crippen molar-refractivity contribution in [3.8, 4) is 28.4 Å². The lowest BCUT2D eigenvalue weighted by molar-refractivity contribution is -0.137. The topological polar surface area (TPSA) is 47.3 Å². The first-order chi connectivity index (χ1) is 11.4. The van der Waals surface area contributed by atoms with Gasteiger partial charge in [0.15, 0.2) is 0 Å². The van der Waals surface area contributed by atoms with Crippen LogP contribution in [0.15, 0.2) is 54.7 Å². The molecule has 0 saturated carbocycles. The van der Waals surface area contributed by atoms with Gasteiger partial charge in [-0.3, -0.25) is 0 Å². The van der Waals surface area contributed by atoms with Crippen molar-refractivity contribution in [3.63, 3.8) is 0 Å². The smallest absolute Gasteiger partial charge is 0.416 e. The number of methoxy groups -OCH3 is 1. The Hall–Kier alpha value is -2.96. The monoisotopic (exact) mass is 334 g/mol. The van der Waals surface area contributed by atoms with Crippen molar-refractivity contribution in [2.45, 2.75) is 6.18 Å². The van der Waals surface area contributed by atoms with Crippen molar-refractivity contribution in [1.29, 1.82) is 0 Å². The van der Waals surface area contributed by atoms with Gasteiger partial charge in [0.25, 0.3) is 0 Å². The van der Waals surface area contributed by atoms with E-state index in [9.17, 15) is 18.3 Å². The number of aromatic hydroxyl groups is 1. The first kappa shape index (κ1) is 15.9. The number of benzene rings is 2. The fourth-order valence-electron chi connectivity index (χ4n) is 2.38. The Morgan fingerprint density at radius 2 is 1.88 bits per heavy atom. The average molecular weight is 334 g/mol. The quantitative estimate of drug-likeness (QED) is 0.778. The summed E-state index contributed by atoms with van der Waals surface area (Å²) in [5, 5.41) is 14.2. The van der Waals surface area contributed by atoms with E-state index in [0.29, 0.717) is 17.0 Å². The van der Waals surface area contributed by atoms with Gasteiger partial charge in [-0.2, -0.15) is 18.3 Å². The third kappa shape index (κ3) is 2.92. The molecule has 0 amide bonds. The van der Waals surface area contributed by atoms with Crippen molar-refractivity contribution in [3.05, 3.63) is 60.3 Å². The van der Waals surface area contributed by atoms with Crippen LogP contribution < -0.4 is 4.74 Å². The summed E-state index contributed by atoms with van der Waals surface area (Å²) in [5.41, 5.74) is 0.389. The molecule has 0 radical (unpaired) electrons. The van der Waals surface area contributed by atoms with E-state index in [4.69, 9.17) is 4.74 Å². The van der Waals surface area contributed by atoms with E-state index in [-0.39, 0.29) is 11.4 Å². The van der Waals surface area contributed by atoms with Gasteiger partial charge in [-0.25, -0.2) is 4.68 Å². The molecule has 4 nitrogen and oxygen atoms in total. The maximum absolute atomic E-state index is 12.9. The highest BCUT2D eigenvalue weighted by atomic mass is 19.4. The Morgan fingerprint density at radius 3 is 2.54 bits per heavy atom. The summed E-state index contributed by atoms with van der Waals surface area (Å²) in [6, 6.07) is 11.2. The molecule has 24 heavy (non-hydrogen) atoms. The van der Waals surface area contributed by atoms with Crippen LogP contribution in [0.3, 0.4) is 0 Å². The fourth-order valence-corrected chi connectivity index (χ4v) is 2.38. The zero-order valence-electron chi connectivity index (χ0n) is 12.6. The second kappa shape index (κ2) is 5.92. The molecule has 2 aromatic carbocycles. The Bertz CT molecular complexity index is 872. The molecule has 0 fully saturated rings. The number of aromatic nitrogens is 2. The lowest BCUT2D eigenvalue weighted by Crippen LogP contribution is -2.07. The van der Waals surface area contributed by atoms with Gasteiger partial charge >= 0.3 is 6.18 Å². The SMILES string of the molecule is COc1ccc(-c2ccnn2-c2cccc(C(F)(F)F)c2)c(O)c1. The minimum atomic E-state index is -4.44. The second-order valence-electron chi connectivity index (χ2n) is 5.06. The molecule has 0 atom stereocenters. The number of phenols is 1. The van der Waals surface area contributed by atoms with Gasteiger partial charge in [-0.05, 0) is 36.4 Å². The van der Waals surface area contributed by atoms with Gasteiger partial charge in [-0.1, -0.05) is 6.07 Å². The summed E-state index contributed by atoms with van der Waals surface area (Å²) in [6.07, 6.45) is -2.98. The summed E-state index contributed by atoms with van der Waals surface area (Å²) < 4.78 is 45.1. The van der Waals surface area contributed by atoms with Crippen molar-refractivity contribution in [2.75, 3.05) is 7.11 Å². The Labute approximate surface area is 135 Å². The van der Waals surface area contributed by atoms with E-state index in [1.54, 1.807) is 18.2 Å². The lowest BCUT2D eigenvalue weighted by Gasteiger charge is -2.12. The van der Waals surface area contributed by atoms with Crippen LogP contribution in [0.5, 0.6) is 11.5 Å². The minimum absolute atomic E-state index is 0.0527. The van der Waals surface area contributed by atoms with Gasteiger partial charge in [-0.15, -0.1) is 0 Å². The highest BCUT2D eigenvalue weighted by Gasteiger charge is 2.30. The molecule has 0 bridgehead atoms. The van der Waals surface area contributed by atoms with E-state index >= 15 is 0 Å². The molecule has 1 heterocycles. The van der Waals surface area contributed by atoms with Gasteiger partial charge in [0.1, 0.15) is 11.5 Å². The molecule has 3 rings (SSSR count). The van der Waals surface area contributed by atoms with Crippen molar-refractivity contribution >= 4 is 0 Å². The third-order valence-electron chi connectivity index (χ3n) is 3.54. The summed E-state index contributed by atoms with van der Waals surface area (Å²) in [4.78, 5) is 0. The summed E-state index contributed by atoms with van der Waals surface area (Å²) in [7, 11) is 1.47. The predicted molar refractivity (Wildman–Crippen MR) is 82.2 cm³/mol.